The van der Waals surface area contributed by atoms with E-state index in [9.17, 15) is 4.39 Å². The molecular formula is C20H20FNO3. The van der Waals surface area contributed by atoms with E-state index in [0.29, 0.717) is 6.61 Å². The number of alkyl halides is 1. The molecule has 0 aliphatic carbocycles. The minimum atomic E-state index is -1.49. The summed E-state index contributed by atoms with van der Waals surface area (Å²) in [6, 6.07) is 21.1. The van der Waals surface area contributed by atoms with Crippen molar-refractivity contribution in [1.29, 1.82) is 5.26 Å². The van der Waals surface area contributed by atoms with Crippen LogP contribution in [0.5, 0.6) is 0 Å². The Balaban J connectivity index is 1.56. The van der Waals surface area contributed by atoms with Crippen LogP contribution < -0.4 is 0 Å². The molecule has 3 rings (SSSR count). The van der Waals surface area contributed by atoms with Gasteiger partial charge in [0.1, 0.15) is 12.2 Å². The van der Waals surface area contributed by atoms with Crippen molar-refractivity contribution in [3.8, 4) is 6.07 Å². The van der Waals surface area contributed by atoms with Crippen LogP contribution in [-0.4, -0.2) is 31.1 Å². The number of hydrogen-bond acceptors (Lipinski definition) is 4. The van der Waals surface area contributed by atoms with Gasteiger partial charge in [-0.1, -0.05) is 60.7 Å². The summed E-state index contributed by atoms with van der Waals surface area (Å²) in [5.74, 6) is 0. The van der Waals surface area contributed by atoms with E-state index < -0.39 is 24.5 Å². The van der Waals surface area contributed by atoms with E-state index in [1.165, 1.54) is 0 Å². The van der Waals surface area contributed by atoms with Crippen LogP contribution in [0, 0.1) is 11.3 Å². The van der Waals surface area contributed by atoms with Gasteiger partial charge in [0, 0.05) is 0 Å². The zero-order valence-electron chi connectivity index (χ0n) is 13.8. The number of ether oxygens (including phenoxy) is 3. The summed E-state index contributed by atoms with van der Waals surface area (Å²) in [4.78, 5) is 0. The van der Waals surface area contributed by atoms with Gasteiger partial charge < -0.3 is 14.2 Å². The van der Waals surface area contributed by atoms with Crippen molar-refractivity contribution in [2.75, 3.05) is 6.61 Å². The molecule has 1 aliphatic rings. The molecule has 1 saturated heterocycles. The lowest BCUT2D eigenvalue weighted by Gasteiger charge is -2.20. The smallest absolute Gasteiger partial charge is 0.178 e. The Morgan fingerprint density at radius 1 is 0.960 bits per heavy atom. The number of nitrogens with zero attached hydrogens (tertiary/aromatic N) is 1. The van der Waals surface area contributed by atoms with Crippen LogP contribution in [-0.2, 0) is 27.4 Å². The van der Waals surface area contributed by atoms with Gasteiger partial charge in [0.15, 0.2) is 12.3 Å². The monoisotopic (exact) mass is 341 g/mol. The third-order valence-electron chi connectivity index (χ3n) is 4.10. The average molecular weight is 341 g/mol. The number of rotatable bonds is 7. The maximum Gasteiger partial charge on any atom is 0.178 e. The summed E-state index contributed by atoms with van der Waals surface area (Å²) in [7, 11) is 0. The molecule has 25 heavy (non-hydrogen) atoms. The molecule has 0 N–H and O–H groups in total. The Kier molecular flexibility index (Phi) is 6.13. The predicted octanol–water partition coefficient (Wildman–Crippen LogP) is 3.42. The molecule has 1 heterocycles. The van der Waals surface area contributed by atoms with Crippen LogP contribution in [0.2, 0.25) is 0 Å². The van der Waals surface area contributed by atoms with Gasteiger partial charge in [-0.05, 0) is 11.1 Å². The minimum Gasteiger partial charge on any atom is -0.374 e. The van der Waals surface area contributed by atoms with Crippen molar-refractivity contribution in [3.63, 3.8) is 0 Å². The number of halogens is 1. The van der Waals surface area contributed by atoms with E-state index in [-0.39, 0.29) is 13.2 Å². The van der Waals surface area contributed by atoms with Crippen molar-refractivity contribution < 1.29 is 18.6 Å². The maximum absolute atomic E-state index is 14.4. The topological polar surface area (TPSA) is 51.5 Å². The van der Waals surface area contributed by atoms with Crippen molar-refractivity contribution in [3.05, 3.63) is 71.8 Å². The molecule has 2 aromatic carbocycles. The fraction of sp³-hybridized carbons (Fsp3) is 0.350. The van der Waals surface area contributed by atoms with Crippen LogP contribution in [0.25, 0.3) is 0 Å². The number of hydrogen-bond donors (Lipinski definition) is 0. The predicted molar refractivity (Wildman–Crippen MR) is 90.3 cm³/mol. The molecule has 1 aliphatic heterocycles. The molecule has 4 unspecified atom stereocenters. The summed E-state index contributed by atoms with van der Waals surface area (Å²) in [5.41, 5.74) is 1.97. The Morgan fingerprint density at radius 3 is 2.16 bits per heavy atom. The fourth-order valence-electron chi connectivity index (χ4n) is 2.79. The van der Waals surface area contributed by atoms with Gasteiger partial charge in [-0.25, -0.2) is 4.39 Å². The molecule has 0 amide bonds. The van der Waals surface area contributed by atoms with Crippen LogP contribution >= 0.6 is 0 Å². The van der Waals surface area contributed by atoms with Crippen molar-refractivity contribution in [2.24, 2.45) is 0 Å². The highest BCUT2D eigenvalue weighted by molar-refractivity contribution is 5.14. The molecule has 0 saturated carbocycles. The highest BCUT2D eigenvalue weighted by Gasteiger charge is 2.46. The second-order valence-electron chi connectivity index (χ2n) is 5.93. The van der Waals surface area contributed by atoms with E-state index in [1.807, 2.05) is 66.7 Å². The Hall–Kier alpha value is -2.26. The lowest BCUT2D eigenvalue weighted by molar-refractivity contribution is -0.0697. The molecule has 4 atom stereocenters. The molecule has 5 heteroatoms. The van der Waals surface area contributed by atoms with Crippen LogP contribution in [0.15, 0.2) is 60.7 Å². The number of benzene rings is 2. The van der Waals surface area contributed by atoms with Crippen molar-refractivity contribution in [1.82, 2.24) is 0 Å². The highest BCUT2D eigenvalue weighted by Crippen LogP contribution is 2.27. The fourth-order valence-corrected chi connectivity index (χ4v) is 2.79. The van der Waals surface area contributed by atoms with E-state index in [2.05, 4.69) is 0 Å². The van der Waals surface area contributed by atoms with Crippen LogP contribution in [0.1, 0.15) is 11.1 Å². The molecule has 130 valence electrons. The van der Waals surface area contributed by atoms with Gasteiger partial charge in [0.2, 0.25) is 0 Å². The quantitative estimate of drug-likeness (QED) is 0.774. The minimum absolute atomic E-state index is 0.174. The van der Waals surface area contributed by atoms with Gasteiger partial charge in [-0.2, -0.15) is 5.26 Å². The molecule has 4 nitrogen and oxygen atoms in total. The molecule has 1 fully saturated rings. The summed E-state index contributed by atoms with van der Waals surface area (Å²) in [6.45, 7) is 0.843. The van der Waals surface area contributed by atoms with Gasteiger partial charge >= 0.3 is 0 Å². The highest BCUT2D eigenvalue weighted by atomic mass is 19.1. The zero-order chi connectivity index (χ0) is 17.5. The van der Waals surface area contributed by atoms with Gasteiger partial charge in [-0.3, -0.25) is 0 Å². The lowest BCUT2D eigenvalue weighted by atomic mass is 10.1. The first-order valence-electron chi connectivity index (χ1n) is 8.24. The average Bonchev–Trinajstić information content (AvgIpc) is 2.97. The largest absolute Gasteiger partial charge is 0.374 e. The summed E-state index contributed by atoms with van der Waals surface area (Å²) < 4.78 is 31.3. The van der Waals surface area contributed by atoms with Crippen molar-refractivity contribution >= 4 is 0 Å². The standard InChI is InChI=1S/C20H20FNO3/c21-19-17(11-22)25-18(14-23-12-15-7-3-1-4-8-15)20(19)24-13-16-9-5-2-6-10-16/h1-10,17-20H,12-14H2. The van der Waals surface area contributed by atoms with Crippen LogP contribution in [0.3, 0.4) is 0 Å². The number of nitriles is 1. The third-order valence-corrected chi connectivity index (χ3v) is 4.10. The van der Waals surface area contributed by atoms with Gasteiger partial charge in [0.05, 0.1) is 25.9 Å². The SMILES string of the molecule is N#CC1OC(COCc2ccccc2)C(OCc2ccccc2)C1F. The van der Waals surface area contributed by atoms with Crippen LogP contribution in [0.4, 0.5) is 4.39 Å². The Bertz CT molecular complexity index is 689. The second kappa shape index (κ2) is 8.72. The normalized spacial score (nSPS) is 25.6. The summed E-state index contributed by atoms with van der Waals surface area (Å²) >= 11 is 0. The summed E-state index contributed by atoms with van der Waals surface area (Å²) in [5, 5.41) is 9.05. The van der Waals surface area contributed by atoms with E-state index >= 15 is 0 Å². The molecule has 0 bridgehead atoms. The van der Waals surface area contributed by atoms with E-state index in [0.717, 1.165) is 11.1 Å². The third kappa shape index (κ3) is 4.64. The van der Waals surface area contributed by atoms with Crippen molar-refractivity contribution in [2.45, 2.75) is 37.7 Å². The lowest BCUT2D eigenvalue weighted by Crippen LogP contribution is -2.34. The molecular weight excluding hydrogens is 321 g/mol. The Labute approximate surface area is 146 Å². The first-order chi connectivity index (χ1) is 12.3. The molecule has 0 spiro atoms. The van der Waals surface area contributed by atoms with Gasteiger partial charge in [0.25, 0.3) is 0 Å². The maximum atomic E-state index is 14.4. The molecule has 2 aromatic rings. The Morgan fingerprint density at radius 2 is 1.56 bits per heavy atom. The first-order valence-corrected chi connectivity index (χ1v) is 8.24. The summed E-state index contributed by atoms with van der Waals surface area (Å²) in [6.07, 6.45) is -4.03. The first kappa shape index (κ1) is 17.6. The zero-order valence-corrected chi connectivity index (χ0v) is 13.8. The van der Waals surface area contributed by atoms with E-state index in [4.69, 9.17) is 19.5 Å². The second-order valence-corrected chi connectivity index (χ2v) is 5.93. The van der Waals surface area contributed by atoms with E-state index in [1.54, 1.807) is 0 Å². The molecule has 0 aromatic heterocycles. The molecule has 0 radical (unpaired) electrons. The van der Waals surface area contributed by atoms with Gasteiger partial charge in [-0.15, -0.1) is 0 Å².